The zero-order valence-corrected chi connectivity index (χ0v) is 13.3. The molecule has 0 aromatic heterocycles. The van der Waals surface area contributed by atoms with E-state index < -0.39 is 0 Å². The highest BCUT2D eigenvalue weighted by molar-refractivity contribution is 5.41. The third-order valence-electron chi connectivity index (χ3n) is 4.94. The van der Waals surface area contributed by atoms with Gasteiger partial charge in [0, 0.05) is 19.0 Å². The van der Waals surface area contributed by atoms with Crippen molar-refractivity contribution in [2.45, 2.75) is 71.6 Å². The van der Waals surface area contributed by atoms with E-state index in [1.807, 2.05) is 0 Å². The number of rotatable bonds is 3. The van der Waals surface area contributed by atoms with Gasteiger partial charge in [0.2, 0.25) is 0 Å². The predicted molar refractivity (Wildman–Crippen MR) is 83.1 cm³/mol. The third kappa shape index (κ3) is 2.71. The molecule has 2 aliphatic rings. The van der Waals surface area contributed by atoms with Gasteiger partial charge in [-0.1, -0.05) is 32.4 Å². The summed E-state index contributed by atoms with van der Waals surface area (Å²) in [5.74, 6) is 1.07. The molecule has 110 valence electrons. The predicted octanol–water partition coefficient (Wildman–Crippen LogP) is 4.07. The molecule has 1 aliphatic carbocycles. The van der Waals surface area contributed by atoms with Crippen LogP contribution in [0.25, 0.3) is 0 Å². The van der Waals surface area contributed by atoms with E-state index in [1.54, 1.807) is 0 Å². The summed E-state index contributed by atoms with van der Waals surface area (Å²) >= 11 is 0. The summed E-state index contributed by atoms with van der Waals surface area (Å²) in [6.07, 6.45) is 5.03. The van der Waals surface area contributed by atoms with Gasteiger partial charge in [-0.25, -0.2) is 0 Å². The molecular formula is C18H27NO. The molecule has 1 aromatic rings. The standard InChI is InChI=1S/C18H27NO/c1-17(2)9-5-6-16(17)19-12-13-7-8-15-14(10-13)11-18(3,4)20-15/h7-8,10,16,19H,5-6,9,11-12H2,1-4H3. The number of ether oxygens (including phenoxy) is 1. The minimum Gasteiger partial charge on any atom is -0.487 e. The molecule has 1 fully saturated rings. The number of hydrogen-bond donors (Lipinski definition) is 1. The fourth-order valence-electron chi connectivity index (χ4n) is 3.72. The van der Waals surface area contributed by atoms with E-state index in [0.717, 1.165) is 18.7 Å². The number of benzene rings is 1. The first-order valence-corrected chi connectivity index (χ1v) is 7.90. The van der Waals surface area contributed by atoms with Crippen LogP contribution in [0.3, 0.4) is 0 Å². The quantitative estimate of drug-likeness (QED) is 0.896. The molecule has 1 heterocycles. The molecule has 0 bridgehead atoms. The number of hydrogen-bond acceptors (Lipinski definition) is 2. The monoisotopic (exact) mass is 273 g/mol. The van der Waals surface area contributed by atoms with Crippen molar-refractivity contribution >= 4 is 0 Å². The molecular weight excluding hydrogens is 246 g/mol. The van der Waals surface area contributed by atoms with Crippen molar-refractivity contribution < 1.29 is 4.74 Å². The van der Waals surface area contributed by atoms with Gasteiger partial charge in [0.25, 0.3) is 0 Å². The van der Waals surface area contributed by atoms with Crippen molar-refractivity contribution in [1.29, 1.82) is 0 Å². The van der Waals surface area contributed by atoms with Crippen LogP contribution in [-0.4, -0.2) is 11.6 Å². The molecule has 3 rings (SSSR count). The molecule has 1 aliphatic heterocycles. The topological polar surface area (TPSA) is 21.3 Å². The van der Waals surface area contributed by atoms with E-state index in [0.29, 0.717) is 11.5 Å². The van der Waals surface area contributed by atoms with E-state index in [-0.39, 0.29) is 5.60 Å². The molecule has 20 heavy (non-hydrogen) atoms. The molecule has 0 saturated heterocycles. The Hall–Kier alpha value is -1.02. The van der Waals surface area contributed by atoms with Gasteiger partial charge in [-0.05, 0) is 49.3 Å². The molecule has 2 nitrogen and oxygen atoms in total. The van der Waals surface area contributed by atoms with Gasteiger partial charge in [-0.15, -0.1) is 0 Å². The van der Waals surface area contributed by atoms with Crippen LogP contribution < -0.4 is 10.1 Å². The van der Waals surface area contributed by atoms with E-state index in [4.69, 9.17) is 4.74 Å². The second-order valence-electron chi connectivity index (χ2n) is 7.79. The minimum atomic E-state index is -0.0399. The molecule has 1 atom stereocenters. The fraction of sp³-hybridized carbons (Fsp3) is 0.667. The van der Waals surface area contributed by atoms with Crippen LogP contribution in [0, 0.1) is 5.41 Å². The summed E-state index contributed by atoms with van der Waals surface area (Å²) in [4.78, 5) is 0. The minimum absolute atomic E-state index is 0.0399. The average Bonchev–Trinajstić information content (AvgIpc) is 2.83. The normalized spacial score (nSPS) is 26.3. The number of fused-ring (bicyclic) bond motifs is 1. The molecule has 1 aromatic carbocycles. The molecule has 0 radical (unpaired) electrons. The van der Waals surface area contributed by atoms with Crippen LogP contribution in [-0.2, 0) is 13.0 Å². The maximum Gasteiger partial charge on any atom is 0.123 e. The van der Waals surface area contributed by atoms with E-state index in [9.17, 15) is 0 Å². The Labute approximate surface area is 122 Å². The second kappa shape index (κ2) is 4.77. The Morgan fingerprint density at radius 2 is 2.05 bits per heavy atom. The largest absolute Gasteiger partial charge is 0.487 e. The Balaban J connectivity index is 1.65. The first-order valence-electron chi connectivity index (χ1n) is 7.90. The van der Waals surface area contributed by atoms with Crippen molar-refractivity contribution in [3.05, 3.63) is 29.3 Å². The SMILES string of the molecule is CC1(C)Cc2cc(CNC3CCCC3(C)C)ccc2O1. The van der Waals surface area contributed by atoms with E-state index in [2.05, 4.69) is 51.2 Å². The zero-order valence-electron chi connectivity index (χ0n) is 13.3. The van der Waals surface area contributed by atoms with Crippen LogP contribution in [0.1, 0.15) is 58.1 Å². The van der Waals surface area contributed by atoms with Crippen molar-refractivity contribution in [3.63, 3.8) is 0 Å². The summed E-state index contributed by atoms with van der Waals surface area (Å²) < 4.78 is 5.94. The van der Waals surface area contributed by atoms with Gasteiger partial charge in [-0.3, -0.25) is 0 Å². The molecule has 1 unspecified atom stereocenters. The summed E-state index contributed by atoms with van der Waals surface area (Å²) in [5, 5.41) is 3.76. The summed E-state index contributed by atoms with van der Waals surface area (Å²) in [7, 11) is 0. The van der Waals surface area contributed by atoms with E-state index >= 15 is 0 Å². The lowest BCUT2D eigenvalue weighted by atomic mass is 9.87. The van der Waals surface area contributed by atoms with Crippen LogP contribution in [0.15, 0.2) is 18.2 Å². The van der Waals surface area contributed by atoms with Gasteiger partial charge in [0.05, 0.1) is 0 Å². The lowest BCUT2D eigenvalue weighted by molar-refractivity contribution is 0.138. The summed E-state index contributed by atoms with van der Waals surface area (Å²) in [5.41, 5.74) is 3.15. The molecule has 1 saturated carbocycles. The van der Waals surface area contributed by atoms with Crippen LogP contribution >= 0.6 is 0 Å². The van der Waals surface area contributed by atoms with Gasteiger partial charge in [0.1, 0.15) is 11.4 Å². The van der Waals surface area contributed by atoms with Crippen LogP contribution in [0.5, 0.6) is 5.75 Å². The molecule has 0 spiro atoms. The van der Waals surface area contributed by atoms with Gasteiger partial charge in [0.15, 0.2) is 0 Å². The highest BCUT2D eigenvalue weighted by Crippen LogP contribution is 2.38. The lowest BCUT2D eigenvalue weighted by Gasteiger charge is -2.28. The van der Waals surface area contributed by atoms with Crippen molar-refractivity contribution in [2.24, 2.45) is 5.41 Å². The van der Waals surface area contributed by atoms with Crippen molar-refractivity contribution in [1.82, 2.24) is 5.32 Å². The van der Waals surface area contributed by atoms with E-state index in [1.165, 1.54) is 30.4 Å². The summed E-state index contributed by atoms with van der Waals surface area (Å²) in [6, 6.07) is 7.32. The van der Waals surface area contributed by atoms with Crippen molar-refractivity contribution in [3.8, 4) is 5.75 Å². The molecule has 1 N–H and O–H groups in total. The average molecular weight is 273 g/mol. The zero-order chi connectivity index (χ0) is 14.4. The van der Waals surface area contributed by atoms with Crippen LogP contribution in [0.4, 0.5) is 0 Å². The smallest absolute Gasteiger partial charge is 0.123 e. The molecule has 0 amide bonds. The maximum atomic E-state index is 5.94. The lowest BCUT2D eigenvalue weighted by Crippen LogP contribution is -2.37. The molecule has 2 heteroatoms. The summed E-state index contributed by atoms with van der Waals surface area (Å²) in [6.45, 7) is 10.1. The highest BCUT2D eigenvalue weighted by atomic mass is 16.5. The van der Waals surface area contributed by atoms with Gasteiger partial charge < -0.3 is 10.1 Å². The Bertz CT molecular complexity index is 504. The maximum absolute atomic E-state index is 5.94. The Morgan fingerprint density at radius 3 is 2.75 bits per heavy atom. The Morgan fingerprint density at radius 1 is 1.25 bits per heavy atom. The highest BCUT2D eigenvalue weighted by Gasteiger charge is 2.34. The van der Waals surface area contributed by atoms with Gasteiger partial charge >= 0.3 is 0 Å². The Kier molecular flexibility index (Phi) is 3.32. The second-order valence-corrected chi connectivity index (χ2v) is 7.79. The van der Waals surface area contributed by atoms with Crippen LogP contribution in [0.2, 0.25) is 0 Å². The first-order chi connectivity index (χ1) is 9.36. The number of nitrogens with one attached hydrogen (secondary N) is 1. The third-order valence-corrected chi connectivity index (χ3v) is 4.94. The van der Waals surface area contributed by atoms with Gasteiger partial charge in [-0.2, -0.15) is 0 Å². The van der Waals surface area contributed by atoms with Crippen molar-refractivity contribution in [2.75, 3.05) is 0 Å². The first kappa shape index (κ1) is 13.9. The fourth-order valence-corrected chi connectivity index (χ4v) is 3.72.